The first-order chi connectivity index (χ1) is 6.51. The Morgan fingerprint density at radius 1 is 1.43 bits per heavy atom. The number of benzene rings is 1. The second-order valence-electron chi connectivity index (χ2n) is 2.43. The summed E-state index contributed by atoms with van der Waals surface area (Å²) < 4.78 is 31.5. The molecule has 0 aliphatic heterocycles. The lowest BCUT2D eigenvalue weighted by Crippen LogP contribution is -1.87. The Kier molecular flexibility index (Phi) is 3.10. The molecule has 1 aromatic carbocycles. The quantitative estimate of drug-likeness (QED) is 0.616. The Hall–Kier alpha value is -1.53. The zero-order valence-corrected chi connectivity index (χ0v) is 7.98. The highest BCUT2D eigenvalue weighted by Gasteiger charge is 1.98. The predicted octanol–water partition coefficient (Wildman–Crippen LogP) is 2.22. The summed E-state index contributed by atoms with van der Waals surface area (Å²) in [4.78, 5) is 0. The van der Waals surface area contributed by atoms with Crippen LogP contribution in [0, 0.1) is 0 Å². The van der Waals surface area contributed by atoms with Crippen molar-refractivity contribution in [2.45, 2.75) is 0 Å². The van der Waals surface area contributed by atoms with Crippen LogP contribution in [0.2, 0.25) is 0 Å². The van der Waals surface area contributed by atoms with Crippen molar-refractivity contribution >= 4 is 22.1 Å². The second kappa shape index (κ2) is 4.12. The molecular formula is C8H8N2O3S. The Morgan fingerprint density at radius 2 is 2.14 bits per heavy atom. The number of nitrogens with zero attached hydrogens (tertiary/aromatic N) is 2. The molecule has 0 bridgehead atoms. The first-order valence-electron chi connectivity index (χ1n) is 3.64. The number of rotatable bonds is 3. The van der Waals surface area contributed by atoms with Gasteiger partial charge in [0.15, 0.2) is 0 Å². The van der Waals surface area contributed by atoms with Crippen molar-refractivity contribution in [2.75, 3.05) is 0 Å². The van der Waals surface area contributed by atoms with Crippen LogP contribution >= 0.6 is 0 Å². The monoisotopic (exact) mass is 212 g/mol. The Morgan fingerprint density at radius 3 is 2.71 bits per heavy atom. The zero-order chi connectivity index (χ0) is 10.6. The van der Waals surface area contributed by atoms with Gasteiger partial charge in [0.25, 0.3) is 0 Å². The van der Waals surface area contributed by atoms with Gasteiger partial charge in [-0.2, -0.15) is 8.42 Å². The van der Waals surface area contributed by atoms with Gasteiger partial charge in [0.2, 0.25) is 0 Å². The minimum Gasteiger partial charge on any atom is -0.267 e. The van der Waals surface area contributed by atoms with Crippen LogP contribution in [0.1, 0.15) is 5.56 Å². The van der Waals surface area contributed by atoms with Crippen molar-refractivity contribution in [3.8, 4) is 0 Å². The topological polar surface area (TPSA) is 79.1 Å². The molecule has 5 nitrogen and oxygen atoms in total. The first kappa shape index (κ1) is 10.6. The molecule has 0 atom stereocenters. The molecule has 0 spiro atoms. The fraction of sp³-hybridized carbons (Fsp3) is 0. The van der Waals surface area contributed by atoms with Gasteiger partial charge < -0.3 is 0 Å². The molecule has 0 aromatic heterocycles. The zero-order valence-electron chi connectivity index (χ0n) is 7.16. The Balaban J connectivity index is 2.98. The van der Waals surface area contributed by atoms with Crippen LogP contribution in [-0.4, -0.2) is 13.0 Å². The van der Waals surface area contributed by atoms with Crippen molar-refractivity contribution in [3.63, 3.8) is 0 Å². The number of hydrogen-bond acceptors (Lipinski definition) is 3. The Bertz CT molecular complexity index is 465. The highest BCUT2D eigenvalue weighted by molar-refractivity contribution is 7.84. The molecule has 0 saturated heterocycles. The average molecular weight is 212 g/mol. The van der Waals surface area contributed by atoms with E-state index in [4.69, 9.17) is 4.55 Å². The van der Waals surface area contributed by atoms with Crippen LogP contribution < -0.4 is 0 Å². The van der Waals surface area contributed by atoms with E-state index in [-0.39, 0.29) is 0 Å². The summed E-state index contributed by atoms with van der Waals surface area (Å²) in [5.41, 5.74) is 1.12. The fourth-order valence-corrected chi connectivity index (χ4v) is 1.01. The van der Waals surface area contributed by atoms with E-state index in [0.717, 1.165) is 5.56 Å². The molecule has 14 heavy (non-hydrogen) atoms. The molecule has 0 saturated carbocycles. The molecule has 0 fully saturated rings. The predicted molar refractivity (Wildman–Crippen MR) is 52.6 cm³/mol. The summed E-state index contributed by atoms with van der Waals surface area (Å²) in [5.74, 6) is 0. The van der Waals surface area contributed by atoms with E-state index < -0.39 is 10.3 Å². The summed E-state index contributed by atoms with van der Waals surface area (Å²) >= 11 is 0. The van der Waals surface area contributed by atoms with Crippen LogP contribution in [0.4, 0.5) is 5.69 Å². The molecule has 1 rings (SSSR count). The first-order valence-corrected chi connectivity index (χ1v) is 5.04. The van der Waals surface area contributed by atoms with Crippen LogP contribution in [0.25, 0.3) is 6.08 Å². The average Bonchev–Trinajstić information content (AvgIpc) is 2.14. The van der Waals surface area contributed by atoms with E-state index >= 15 is 0 Å². The van der Waals surface area contributed by atoms with Crippen LogP contribution in [0.3, 0.4) is 0 Å². The van der Waals surface area contributed by atoms with Gasteiger partial charge in [0.1, 0.15) is 0 Å². The van der Waals surface area contributed by atoms with Gasteiger partial charge in [-0.05, 0) is 22.2 Å². The molecular weight excluding hydrogens is 204 g/mol. The molecule has 0 unspecified atom stereocenters. The van der Waals surface area contributed by atoms with Crippen LogP contribution in [0.5, 0.6) is 0 Å². The third-order valence-corrected chi connectivity index (χ3v) is 1.65. The second-order valence-corrected chi connectivity index (χ2v) is 3.49. The summed E-state index contributed by atoms with van der Waals surface area (Å²) in [5, 5.41) is 3.33. The molecule has 1 aromatic rings. The van der Waals surface area contributed by atoms with Gasteiger partial charge in [-0.25, -0.2) is 0 Å². The van der Waals surface area contributed by atoms with E-state index in [2.05, 4.69) is 16.2 Å². The minimum atomic E-state index is -4.41. The lowest BCUT2D eigenvalue weighted by atomic mass is 10.2. The molecule has 0 radical (unpaired) electrons. The maximum Gasteiger partial charge on any atom is 0.396 e. The molecule has 6 heteroatoms. The van der Waals surface area contributed by atoms with E-state index in [1.54, 1.807) is 30.3 Å². The van der Waals surface area contributed by atoms with E-state index in [9.17, 15) is 8.42 Å². The Labute approximate surface area is 81.7 Å². The maximum atomic E-state index is 10.2. The van der Waals surface area contributed by atoms with Crippen LogP contribution in [-0.2, 0) is 10.3 Å². The van der Waals surface area contributed by atoms with Crippen molar-refractivity contribution in [2.24, 2.45) is 9.63 Å². The third-order valence-electron chi connectivity index (χ3n) is 1.37. The normalized spacial score (nSPS) is 11.8. The lowest BCUT2D eigenvalue weighted by molar-refractivity contribution is 0.482. The SMILES string of the molecule is C=Cc1cccc(/N=N/S(=O)(=O)O)c1. The molecule has 1 N–H and O–H groups in total. The maximum absolute atomic E-state index is 10.2. The smallest absolute Gasteiger partial charge is 0.267 e. The van der Waals surface area contributed by atoms with E-state index in [1.807, 2.05) is 0 Å². The van der Waals surface area contributed by atoms with E-state index in [0.29, 0.717) is 5.69 Å². The van der Waals surface area contributed by atoms with Gasteiger partial charge in [-0.3, -0.25) is 4.55 Å². The summed E-state index contributed by atoms with van der Waals surface area (Å²) in [6.45, 7) is 3.54. The lowest BCUT2D eigenvalue weighted by Gasteiger charge is -1.93. The van der Waals surface area contributed by atoms with Crippen molar-refractivity contribution in [1.82, 2.24) is 0 Å². The molecule has 0 heterocycles. The van der Waals surface area contributed by atoms with Crippen molar-refractivity contribution in [3.05, 3.63) is 36.4 Å². The molecule has 0 aliphatic carbocycles. The fourth-order valence-electron chi connectivity index (χ4n) is 0.813. The standard InChI is InChI=1S/C8H8N2O3S/c1-2-7-4-3-5-8(6-7)9-10-14(11,12)13/h2-6H,1H2,(H,11,12,13)/b10-9+. The summed E-state index contributed by atoms with van der Waals surface area (Å²) in [6, 6.07) is 6.60. The van der Waals surface area contributed by atoms with Crippen molar-refractivity contribution in [1.29, 1.82) is 0 Å². The van der Waals surface area contributed by atoms with Gasteiger partial charge in [0.05, 0.1) is 5.69 Å². The third kappa shape index (κ3) is 3.46. The summed E-state index contributed by atoms with van der Waals surface area (Å²) in [6.07, 6.45) is 1.59. The highest BCUT2D eigenvalue weighted by Crippen LogP contribution is 2.15. The minimum absolute atomic E-state index is 0.333. The molecule has 74 valence electrons. The van der Waals surface area contributed by atoms with Gasteiger partial charge >= 0.3 is 10.3 Å². The van der Waals surface area contributed by atoms with Gasteiger partial charge in [-0.1, -0.05) is 24.8 Å². The summed E-state index contributed by atoms with van der Waals surface area (Å²) in [7, 11) is -4.41. The molecule has 0 aliphatic rings. The largest absolute Gasteiger partial charge is 0.396 e. The van der Waals surface area contributed by atoms with Gasteiger partial charge in [-0.15, -0.1) is 5.11 Å². The number of hydrogen-bond donors (Lipinski definition) is 1. The van der Waals surface area contributed by atoms with Crippen molar-refractivity contribution < 1.29 is 13.0 Å². The molecule has 0 amide bonds. The van der Waals surface area contributed by atoms with Crippen LogP contribution in [0.15, 0.2) is 40.5 Å². The highest BCUT2D eigenvalue weighted by atomic mass is 32.2. The van der Waals surface area contributed by atoms with Gasteiger partial charge in [0, 0.05) is 0 Å². The van der Waals surface area contributed by atoms with E-state index in [1.165, 1.54) is 0 Å².